The quantitative estimate of drug-likeness (QED) is 0.770. The van der Waals surface area contributed by atoms with Crippen LogP contribution in [0.25, 0.3) is 0 Å². The Morgan fingerprint density at radius 2 is 2.04 bits per heavy atom. The number of morpholine rings is 1. The van der Waals surface area contributed by atoms with Crippen molar-refractivity contribution < 1.29 is 23.4 Å². The number of amides is 1. The number of anilines is 2. The van der Waals surface area contributed by atoms with E-state index in [4.69, 9.17) is 14.2 Å². The summed E-state index contributed by atoms with van der Waals surface area (Å²) < 4.78 is 30.0. The van der Waals surface area contributed by atoms with Gasteiger partial charge in [0, 0.05) is 25.9 Å². The van der Waals surface area contributed by atoms with Crippen molar-refractivity contribution in [1.82, 2.24) is 0 Å². The van der Waals surface area contributed by atoms with Crippen LogP contribution < -0.4 is 10.2 Å². The molecule has 1 aromatic rings. The Bertz CT molecular complexity index is 545. The van der Waals surface area contributed by atoms with Crippen LogP contribution in [-0.2, 0) is 19.0 Å². The van der Waals surface area contributed by atoms with Crippen molar-refractivity contribution >= 4 is 17.3 Å². The second-order valence-corrected chi connectivity index (χ2v) is 5.92. The minimum atomic E-state index is -0.366. The lowest BCUT2D eigenvalue weighted by molar-refractivity contribution is -0.121. The van der Waals surface area contributed by atoms with E-state index in [0.29, 0.717) is 37.7 Å². The predicted octanol–water partition coefficient (Wildman–Crippen LogP) is 2.04. The molecule has 0 aromatic heterocycles. The van der Waals surface area contributed by atoms with Gasteiger partial charge in [0.1, 0.15) is 12.4 Å². The molecule has 1 aliphatic rings. The molecule has 1 aliphatic heterocycles. The maximum atomic E-state index is 14.4. The standard InChI is InChI=1S/C17H25FN2O4/c1-12-9-20(10-13(2)24-12)16-5-4-14(8-15(16)18)19-17(21)11-23-7-6-22-3/h4-5,8,12-13H,6-7,9-11H2,1-3H3,(H,19,21). The highest BCUT2D eigenvalue weighted by molar-refractivity contribution is 5.91. The molecule has 2 unspecified atom stereocenters. The van der Waals surface area contributed by atoms with Crippen LogP contribution in [0.1, 0.15) is 13.8 Å². The highest BCUT2D eigenvalue weighted by atomic mass is 19.1. The minimum absolute atomic E-state index is 0.0526. The van der Waals surface area contributed by atoms with E-state index in [-0.39, 0.29) is 30.5 Å². The van der Waals surface area contributed by atoms with Crippen LogP contribution in [0.15, 0.2) is 18.2 Å². The van der Waals surface area contributed by atoms with Gasteiger partial charge in [-0.2, -0.15) is 0 Å². The fourth-order valence-electron chi connectivity index (χ4n) is 2.72. The van der Waals surface area contributed by atoms with Crippen molar-refractivity contribution in [3.63, 3.8) is 0 Å². The molecule has 2 atom stereocenters. The summed E-state index contributed by atoms with van der Waals surface area (Å²) in [7, 11) is 1.56. The van der Waals surface area contributed by atoms with Crippen LogP contribution in [0, 0.1) is 5.82 Å². The molecule has 6 nitrogen and oxygen atoms in total. The maximum absolute atomic E-state index is 14.4. The molecule has 1 aromatic carbocycles. The monoisotopic (exact) mass is 340 g/mol. The number of nitrogens with one attached hydrogen (secondary N) is 1. The molecule has 0 radical (unpaired) electrons. The number of ether oxygens (including phenoxy) is 3. The first-order valence-electron chi connectivity index (χ1n) is 8.06. The number of carbonyl (C=O) groups is 1. The highest BCUT2D eigenvalue weighted by Crippen LogP contribution is 2.26. The number of nitrogens with zero attached hydrogens (tertiary/aromatic N) is 1. The van der Waals surface area contributed by atoms with E-state index in [9.17, 15) is 9.18 Å². The first-order valence-corrected chi connectivity index (χ1v) is 8.06. The van der Waals surface area contributed by atoms with Gasteiger partial charge in [-0.25, -0.2) is 4.39 Å². The summed E-state index contributed by atoms with van der Waals surface area (Å²) in [5.41, 5.74) is 0.928. The van der Waals surface area contributed by atoms with Gasteiger partial charge in [-0.1, -0.05) is 0 Å². The van der Waals surface area contributed by atoms with Crippen molar-refractivity contribution in [1.29, 1.82) is 0 Å². The Morgan fingerprint density at radius 3 is 2.67 bits per heavy atom. The summed E-state index contributed by atoms with van der Waals surface area (Å²) in [4.78, 5) is 13.7. The third kappa shape index (κ3) is 5.43. The Labute approximate surface area is 141 Å². The van der Waals surface area contributed by atoms with E-state index < -0.39 is 0 Å². The third-order valence-corrected chi connectivity index (χ3v) is 3.66. The minimum Gasteiger partial charge on any atom is -0.382 e. The van der Waals surface area contributed by atoms with Gasteiger partial charge in [-0.3, -0.25) is 4.79 Å². The van der Waals surface area contributed by atoms with E-state index in [2.05, 4.69) is 5.32 Å². The van der Waals surface area contributed by atoms with E-state index in [1.54, 1.807) is 19.2 Å². The Kier molecular flexibility index (Phi) is 6.96. The van der Waals surface area contributed by atoms with E-state index in [1.807, 2.05) is 18.7 Å². The predicted molar refractivity (Wildman–Crippen MR) is 89.9 cm³/mol. The molecular formula is C17H25FN2O4. The third-order valence-electron chi connectivity index (χ3n) is 3.66. The summed E-state index contributed by atoms with van der Waals surface area (Å²) in [6.07, 6.45) is 0.105. The lowest BCUT2D eigenvalue weighted by Crippen LogP contribution is -2.45. The van der Waals surface area contributed by atoms with Gasteiger partial charge in [0.2, 0.25) is 5.91 Å². The van der Waals surface area contributed by atoms with Gasteiger partial charge >= 0.3 is 0 Å². The molecule has 0 saturated carbocycles. The molecule has 2 rings (SSSR count). The Morgan fingerprint density at radius 1 is 1.33 bits per heavy atom. The largest absolute Gasteiger partial charge is 0.382 e. The number of hydrogen-bond acceptors (Lipinski definition) is 5. The van der Waals surface area contributed by atoms with Crippen LogP contribution in [0.4, 0.5) is 15.8 Å². The summed E-state index contributed by atoms with van der Waals surface area (Å²) in [5.74, 6) is -0.693. The van der Waals surface area contributed by atoms with Gasteiger partial charge in [0.15, 0.2) is 0 Å². The molecule has 1 N–H and O–H groups in total. The molecule has 1 heterocycles. The smallest absolute Gasteiger partial charge is 0.250 e. The van der Waals surface area contributed by atoms with Gasteiger partial charge in [-0.05, 0) is 32.0 Å². The second kappa shape index (κ2) is 8.96. The SMILES string of the molecule is COCCOCC(=O)Nc1ccc(N2CC(C)OC(C)C2)c(F)c1. The molecule has 7 heteroatoms. The number of benzene rings is 1. The number of carbonyl (C=O) groups excluding carboxylic acids is 1. The van der Waals surface area contributed by atoms with Crippen LogP contribution in [0.5, 0.6) is 0 Å². The van der Waals surface area contributed by atoms with Crippen molar-refractivity contribution in [2.75, 3.05) is 50.2 Å². The van der Waals surface area contributed by atoms with Crippen molar-refractivity contribution in [3.05, 3.63) is 24.0 Å². The van der Waals surface area contributed by atoms with Gasteiger partial charge in [0.25, 0.3) is 0 Å². The molecular weight excluding hydrogens is 315 g/mol. The molecule has 134 valence electrons. The van der Waals surface area contributed by atoms with Crippen molar-refractivity contribution in [2.45, 2.75) is 26.1 Å². The van der Waals surface area contributed by atoms with Crippen LogP contribution in [0.3, 0.4) is 0 Å². The molecule has 0 aliphatic carbocycles. The lowest BCUT2D eigenvalue weighted by atomic mass is 10.2. The highest BCUT2D eigenvalue weighted by Gasteiger charge is 2.24. The fraction of sp³-hybridized carbons (Fsp3) is 0.588. The molecule has 1 amide bonds. The molecule has 1 fully saturated rings. The maximum Gasteiger partial charge on any atom is 0.250 e. The van der Waals surface area contributed by atoms with Crippen LogP contribution >= 0.6 is 0 Å². The molecule has 24 heavy (non-hydrogen) atoms. The zero-order chi connectivity index (χ0) is 17.5. The summed E-state index contributed by atoms with van der Waals surface area (Å²) >= 11 is 0. The van der Waals surface area contributed by atoms with Crippen LogP contribution in [-0.4, -0.2) is 58.1 Å². The molecule has 1 saturated heterocycles. The number of halogens is 1. The second-order valence-electron chi connectivity index (χ2n) is 5.92. The first-order chi connectivity index (χ1) is 11.5. The summed E-state index contributed by atoms with van der Waals surface area (Å²) in [6, 6.07) is 4.70. The van der Waals surface area contributed by atoms with Gasteiger partial charge in [0.05, 0.1) is 31.1 Å². The first kappa shape index (κ1) is 18.6. The van der Waals surface area contributed by atoms with Gasteiger partial charge < -0.3 is 24.4 Å². The summed E-state index contributed by atoms with van der Waals surface area (Å²) in [5, 5.41) is 2.62. The average Bonchev–Trinajstić information content (AvgIpc) is 2.50. The van der Waals surface area contributed by atoms with E-state index in [1.165, 1.54) is 6.07 Å². The molecule has 0 bridgehead atoms. The number of rotatable bonds is 7. The van der Waals surface area contributed by atoms with E-state index >= 15 is 0 Å². The zero-order valence-corrected chi connectivity index (χ0v) is 14.4. The number of hydrogen-bond donors (Lipinski definition) is 1. The summed E-state index contributed by atoms with van der Waals surface area (Å²) in [6.45, 7) is 5.89. The Balaban J connectivity index is 1.93. The molecule has 0 spiro atoms. The zero-order valence-electron chi connectivity index (χ0n) is 14.4. The lowest BCUT2D eigenvalue weighted by Gasteiger charge is -2.37. The van der Waals surface area contributed by atoms with Gasteiger partial charge in [-0.15, -0.1) is 0 Å². The number of methoxy groups -OCH3 is 1. The van der Waals surface area contributed by atoms with Crippen molar-refractivity contribution in [2.24, 2.45) is 0 Å². The van der Waals surface area contributed by atoms with Crippen LogP contribution in [0.2, 0.25) is 0 Å². The topological polar surface area (TPSA) is 60.0 Å². The van der Waals surface area contributed by atoms with Crippen molar-refractivity contribution in [3.8, 4) is 0 Å². The fourth-order valence-corrected chi connectivity index (χ4v) is 2.72. The normalized spacial score (nSPS) is 20.9. The Hall–Kier alpha value is -1.70. The van der Waals surface area contributed by atoms with E-state index in [0.717, 1.165) is 0 Å². The average molecular weight is 340 g/mol.